The molecule has 10 atom stereocenters. The summed E-state index contributed by atoms with van der Waals surface area (Å²) in [5.41, 5.74) is 1.98. The average Bonchev–Trinajstić information content (AvgIpc) is 4.27. The molecular formula is C58H56IN5O12. The molecule has 0 unspecified atom stereocenters. The van der Waals surface area contributed by atoms with Gasteiger partial charge in [0.25, 0.3) is 0 Å². The zero-order chi connectivity index (χ0) is 53.3. The minimum absolute atomic E-state index is 0.00381. The van der Waals surface area contributed by atoms with Crippen LogP contribution in [0.1, 0.15) is 84.7 Å². The molecule has 0 aliphatic carbocycles. The number of esters is 3. The summed E-state index contributed by atoms with van der Waals surface area (Å²) in [5, 5.41) is 18.8. The summed E-state index contributed by atoms with van der Waals surface area (Å²) in [6.45, 7) is 5.18. The predicted molar refractivity (Wildman–Crippen MR) is 284 cm³/mol. The molecule has 18 heteroatoms. The molecule has 17 nitrogen and oxygen atoms in total. The fourth-order valence-corrected chi connectivity index (χ4v) is 12.5. The van der Waals surface area contributed by atoms with Crippen molar-refractivity contribution in [3.8, 4) is 11.5 Å². The highest BCUT2D eigenvalue weighted by atomic mass is 127. The molecule has 0 saturated carbocycles. The third-order valence-electron chi connectivity index (χ3n) is 15.2. The number of nitrogens with zero attached hydrogens (tertiary/aromatic N) is 2. The van der Waals surface area contributed by atoms with E-state index in [0.29, 0.717) is 53.9 Å². The summed E-state index contributed by atoms with van der Waals surface area (Å²) < 4.78 is 25.1. The summed E-state index contributed by atoms with van der Waals surface area (Å²) in [6.07, 6.45) is 2.11. The van der Waals surface area contributed by atoms with Crippen LogP contribution in [0.3, 0.4) is 0 Å². The van der Waals surface area contributed by atoms with E-state index >= 15 is 4.79 Å². The normalized spacial score (nSPS) is 26.3. The monoisotopic (exact) mass is 1140 g/mol. The number of benzene rings is 5. The van der Waals surface area contributed by atoms with Crippen molar-refractivity contribution < 1.29 is 57.6 Å². The molecule has 76 heavy (non-hydrogen) atoms. The molecule has 0 radical (unpaired) electrons. The van der Waals surface area contributed by atoms with Crippen molar-refractivity contribution in [3.63, 3.8) is 0 Å². The summed E-state index contributed by atoms with van der Waals surface area (Å²) in [7, 11) is 0. The highest BCUT2D eigenvalue weighted by Crippen LogP contribution is 2.65. The molecule has 4 amide bonds. The summed E-state index contributed by atoms with van der Waals surface area (Å²) in [5.74, 6) is -5.33. The van der Waals surface area contributed by atoms with Gasteiger partial charge in [0, 0.05) is 22.7 Å². The number of phenols is 1. The Morgan fingerprint density at radius 2 is 1.50 bits per heavy atom. The highest BCUT2D eigenvalue weighted by Gasteiger charge is 2.74. The smallest absolute Gasteiger partial charge is 0.325 e. The van der Waals surface area contributed by atoms with Crippen LogP contribution in [0.25, 0.3) is 0 Å². The molecule has 5 aliphatic rings. The Bertz CT molecular complexity index is 3050. The first-order valence-corrected chi connectivity index (χ1v) is 26.4. The number of hydrogen-bond donors (Lipinski definition) is 4. The fourth-order valence-electron chi connectivity index (χ4n) is 12.0. The average molecular weight is 1140 g/mol. The molecule has 5 aliphatic heterocycles. The van der Waals surface area contributed by atoms with E-state index in [0.717, 1.165) is 14.7 Å². The first-order valence-electron chi connectivity index (χ1n) is 25.3. The van der Waals surface area contributed by atoms with Crippen LogP contribution in [-0.4, -0.2) is 101 Å². The zero-order valence-corrected chi connectivity index (χ0v) is 43.6. The Balaban J connectivity index is 0.930. The number of aromatic hydroxyl groups is 1. The van der Waals surface area contributed by atoms with E-state index in [1.54, 1.807) is 42.5 Å². The van der Waals surface area contributed by atoms with E-state index in [1.807, 2.05) is 77.7 Å². The molecule has 4 fully saturated rings. The number of phenolic OH excluding ortho intramolecular Hbond substituents is 1. The van der Waals surface area contributed by atoms with Crippen molar-refractivity contribution >= 4 is 69.8 Å². The van der Waals surface area contributed by atoms with Gasteiger partial charge in [-0.3, -0.25) is 38.5 Å². The molecule has 392 valence electrons. The molecule has 1 spiro atoms. The van der Waals surface area contributed by atoms with Crippen molar-refractivity contribution in [2.24, 2.45) is 11.8 Å². The maximum Gasteiger partial charge on any atom is 0.325 e. The first kappa shape index (κ1) is 51.9. The van der Waals surface area contributed by atoms with Crippen LogP contribution in [0.4, 0.5) is 5.69 Å². The van der Waals surface area contributed by atoms with Gasteiger partial charge in [-0.1, -0.05) is 97.6 Å². The zero-order valence-electron chi connectivity index (χ0n) is 41.5. The maximum atomic E-state index is 15.2. The summed E-state index contributed by atoms with van der Waals surface area (Å²) in [4.78, 5) is 101. The number of amides is 4. The van der Waals surface area contributed by atoms with Crippen LogP contribution in [0.15, 0.2) is 140 Å². The van der Waals surface area contributed by atoms with E-state index in [1.165, 1.54) is 30.0 Å². The van der Waals surface area contributed by atoms with Gasteiger partial charge in [0.15, 0.2) is 0 Å². The molecule has 4 saturated heterocycles. The molecule has 5 aromatic rings. The Morgan fingerprint density at radius 3 is 2.20 bits per heavy atom. The molecule has 0 aromatic heterocycles. The van der Waals surface area contributed by atoms with Gasteiger partial charge in [0.05, 0.1) is 24.0 Å². The number of morpholine rings is 1. The molecular weight excluding hydrogens is 1090 g/mol. The Morgan fingerprint density at radius 1 is 0.816 bits per heavy atom. The lowest BCUT2D eigenvalue weighted by atomic mass is 9.65. The van der Waals surface area contributed by atoms with E-state index in [4.69, 9.17) is 18.9 Å². The standard InChI is InChI=1S/C58H56IN5O12/c1-3-28-74-55(70)46-49-56(71)76-50(36-14-8-5-9-15-36)48(34-12-6-4-7-13-34)64(49)51(58(46)42-31-38(59)21-26-43(42)62-57(58)72)37-19-24-40(25-20-37)73-29-30-75-54(69)41-32-45-52(67)61-44(16-10-11-27-60-33(2)65)53(68)63(45)47(41)35-17-22-39(66)23-18-35/h3-9,12-15,17-26,31,41,44-51,66H,1,10-11,16,27-30,32H2,2H3,(H,60,65)(H,61,67)(H,62,72)/t41-,44-,45-,46-,47-,48-,49-,50+,51+,58-/m0/s1. The lowest BCUT2D eigenvalue weighted by molar-refractivity contribution is -0.180. The Hall–Kier alpha value is -7.58. The van der Waals surface area contributed by atoms with Crippen molar-refractivity contribution in [2.75, 3.05) is 31.7 Å². The molecule has 5 heterocycles. The van der Waals surface area contributed by atoms with Crippen LogP contribution >= 0.6 is 22.6 Å². The van der Waals surface area contributed by atoms with Gasteiger partial charge in [0.1, 0.15) is 66.9 Å². The second-order valence-electron chi connectivity index (χ2n) is 19.6. The number of nitrogens with one attached hydrogen (secondary N) is 3. The fraction of sp³-hybridized carbons (Fsp3) is 0.328. The van der Waals surface area contributed by atoms with Crippen molar-refractivity contribution in [1.82, 2.24) is 20.4 Å². The number of halogens is 1. The van der Waals surface area contributed by atoms with E-state index in [2.05, 4.69) is 45.1 Å². The van der Waals surface area contributed by atoms with Gasteiger partial charge in [-0.05, 0) is 119 Å². The van der Waals surface area contributed by atoms with Gasteiger partial charge >= 0.3 is 17.9 Å². The van der Waals surface area contributed by atoms with Gasteiger partial charge < -0.3 is 44.9 Å². The SMILES string of the molecule is C=CCOC(=O)[C@@H]1[C@H]2C(=O)O[C@H](c3ccccc3)[C@H](c3ccccc3)N2[C@H](c2ccc(OCCOC(=O)[C@H]3C[C@H]4C(=O)N[C@@H](CCCCNC(C)=O)C(=O)N4[C@H]3c3ccc(O)cc3)cc2)[C@@]12C(=O)Nc1ccc(I)cc12. The molecule has 10 rings (SSSR count). The Kier molecular flexibility index (Phi) is 15.0. The van der Waals surface area contributed by atoms with Gasteiger partial charge in [-0.15, -0.1) is 0 Å². The number of unbranched alkanes of at least 4 members (excludes halogenated alkanes) is 1. The summed E-state index contributed by atoms with van der Waals surface area (Å²) >= 11 is 2.17. The predicted octanol–water partition coefficient (Wildman–Crippen LogP) is 6.68. The highest BCUT2D eigenvalue weighted by molar-refractivity contribution is 14.1. The van der Waals surface area contributed by atoms with Crippen molar-refractivity contribution in [2.45, 2.75) is 80.4 Å². The van der Waals surface area contributed by atoms with Gasteiger partial charge in [-0.2, -0.15) is 0 Å². The van der Waals surface area contributed by atoms with Crippen molar-refractivity contribution in [3.05, 3.63) is 171 Å². The summed E-state index contributed by atoms with van der Waals surface area (Å²) in [6, 6.07) is 32.1. The largest absolute Gasteiger partial charge is 0.508 e. The quantitative estimate of drug-likeness (QED) is 0.0251. The third-order valence-corrected chi connectivity index (χ3v) is 15.8. The number of carbonyl (C=O) groups is 7. The number of hydrogen-bond acceptors (Lipinski definition) is 13. The number of carbonyl (C=O) groups excluding carboxylic acids is 7. The van der Waals surface area contributed by atoms with E-state index < -0.39 is 83.4 Å². The van der Waals surface area contributed by atoms with Gasteiger partial charge in [-0.25, -0.2) is 0 Å². The lowest BCUT2D eigenvalue weighted by Crippen LogP contribution is -2.61. The van der Waals surface area contributed by atoms with Crippen LogP contribution in [-0.2, 0) is 53.2 Å². The first-order chi connectivity index (χ1) is 36.8. The van der Waals surface area contributed by atoms with E-state index in [-0.39, 0.29) is 49.7 Å². The lowest BCUT2D eigenvalue weighted by Gasteiger charge is -2.46. The molecule has 0 bridgehead atoms. The Labute approximate surface area is 452 Å². The third kappa shape index (κ3) is 9.56. The van der Waals surface area contributed by atoms with E-state index in [9.17, 15) is 33.9 Å². The number of cyclic esters (lactones) is 1. The minimum Gasteiger partial charge on any atom is -0.508 e. The van der Waals surface area contributed by atoms with Crippen molar-refractivity contribution in [1.29, 1.82) is 0 Å². The molecule has 5 aromatic carbocycles. The molecule has 4 N–H and O–H groups in total. The van der Waals surface area contributed by atoms with Gasteiger partial charge in [0.2, 0.25) is 23.6 Å². The minimum atomic E-state index is -1.72. The maximum absolute atomic E-state index is 15.2. The number of ether oxygens (including phenoxy) is 4. The van der Waals surface area contributed by atoms with Crippen LogP contribution < -0.4 is 20.7 Å². The number of rotatable bonds is 17. The topological polar surface area (TPSA) is 219 Å². The van der Waals surface area contributed by atoms with Crippen LogP contribution in [0, 0.1) is 15.4 Å². The number of anilines is 1. The van der Waals surface area contributed by atoms with Crippen LogP contribution in [0.5, 0.6) is 11.5 Å². The number of fused-ring (bicyclic) bond motifs is 4. The van der Waals surface area contributed by atoms with Crippen LogP contribution in [0.2, 0.25) is 0 Å². The number of piperazine rings is 1. The second-order valence-corrected chi connectivity index (χ2v) is 20.8. The second kappa shape index (κ2) is 21.9.